The van der Waals surface area contributed by atoms with Crippen molar-refractivity contribution in [1.29, 1.82) is 0 Å². The van der Waals surface area contributed by atoms with Crippen molar-refractivity contribution in [2.24, 2.45) is 5.92 Å². The van der Waals surface area contributed by atoms with Crippen LogP contribution in [0.1, 0.15) is 13.8 Å². The molecule has 1 aromatic carbocycles. The first-order chi connectivity index (χ1) is 7.08. The minimum Gasteiger partial charge on any atom is -0.323 e. The van der Waals surface area contributed by atoms with Gasteiger partial charge in [0.05, 0.1) is 0 Å². The van der Waals surface area contributed by atoms with Crippen molar-refractivity contribution in [3.63, 3.8) is 0 Å². The maximum Gasteiger partial charge on any atom is 0.248 e. The zero-order valence-electron chi connectivity index (χ0n) is 8.83. The molecule has 1 aromatic rings. The third kappa shape index (κ3) is 4.66. The fourth-order valence-corrected chi connectivity index (χ4v) is 1.12. The van der Waals surface area contributed by atoms with Gasteiger partial charge in [-0.05, 0) is 36.3 Å². The van der Waals surface area contributed by atoms with E-state index in [1.165, 1.54) is 0 Å². The second-order valence-corrected chi connectivity index (χ2v) is 4.04. The molecule has 0 atom stereocenters. The van der Waals surface area contributed by atoms with Crippen LogP contribution in [0.2, 0.25) is 5.02 Å². The minimum absolute atomic E-state index is 0.119. The van der Waals surface area contributed by atoms with Gasteiger partial charge in [0.1, 0.15) is 0 Å². The first-order valence-electron chi connectivity index (χ1n) is 4.82. The third-order valence-corrected chi connectivity index (χ3v) is 2.00. The van der Waals surface area contributed by atoms with Crippen LogP contribution in [-0.4, -0.2) is 5.91 Å². The van der Waals surface area contributed by atoms with Gasteiger partial charge in [0.15, 0.2) is 0 Å². The molecule has 0 saturated carbocycles. The third-order valence-electron chi connectivity index (χ3n) is 1.74. The van der Waals surface area contributed by atoms with Crippen LogP contribution in [0.3, 0.4) is 0 Å². The quantitative estimate of drug-likeness (QED) is 0.781. The van der Waals surface area contributed by atoms with Gasteiger partial charge in [0, 0.05) is 10.7 Å². The summed E-state index contributed by atoms with van der Waals surface area (Å²) in [6.45, 7) is 4.04. The van der Waals surface area contributed by atoms with Gasteiger partial charge in [0.25, 0.3) is 0 Å². The van der Waals surface area contributed by atoms with Crippen molar-refractivity contribution >= 4 is 23.2 Å². The molecule has 3 heteroatoms. The molecule has 0 saturated heterocycles. The summed E-state index contributed by atoms with van der Waals surface area (Å²) in [5.41, 5.74) is 0.748. The molecule has 15 heavy (non-hydrogen) atoms. The van der Waals surface area contributed by atoms with Crippen LogP contribution >= 0.6 is 11.6 Å². The van der Waals surface area contributed by atoms with Gasteiger partial charge in [-0.1, -0.05) is 31.5 Å². The van der Waals surface area contributed by atoms with Gasteiger partial charge < -0.3 is 5.32 Å². The number of carbonyl (C=O) groups excluding carboxylic acids is 1. The highest BCUT2D eigenvalue weighted by Gasteiger charge is 1.97. The van der Waals surface area contributed by atoms with Gasteiger partial charge in [-0.15, -0.1) is 0 Å². The number of anilines is 1. The summed E-state index contributed by atoms with van der Waals surface area (Å²) in [7, 11) is 0. The molecular weight excluding hydrogens is 210 g/mol. The standard InChI is InChI=1S/C12H14ClNO/c1-9(2)3-8-12(15)14-11-6-4-10(13)5-7-11/h3-9H,1-2H3,(H,14,15)/b8-3+. The van der Waals surface area contributed by atoms with Crippen LogP contribution in [0, 0.1) is 5.92 Å². The molecule has 0 aliphatic carbocycles. The Morgan fingerprint density at radius 3 is 2.47 bits per heavy atom. The topological polar surface area (TPSA) is 29.1 Å². The molecule has 0 aliphatic heterocycles. The highest BCUT2D eigenvalue weighted by Crippen LogP contribution is 2.13. The second kappa shape index (κ2) is 5.56. The lowest BCUT2D eigenvalue weighted by atomic mass is 10.2. The Bertz CT molecular complexity index is 354. The zero-order chi connectivity index (χ0) is 11.3. The van der Waals surface area contributed by atoms with E-state index in [4.69, 9.17) is 11.6 Å². The smallest absolute Gasteiger partial charge is 0.248 e. The van der Waals surface area contributed by atoms with E-state index >= 15 is 0 Å². The summed E-state index contributed by atoms with van der Waals surface area (Å²) in [6.07, 6.45) is 3.39. The summed E-state index contributed by atoms with van der Waals surface area (Å²) in [5, 5.41) is 3.40. The van der Waals surface area contributed by atoms with Crippen LogP contribution in [0.15, 0.2) is 36.4 Å². The molecule has 0 heterocycles. The predicted molar refractivity (Wildman–Crippen MR) is 64.1 cm³/mol. The predicted octanol–water partition coefficient (Wildman–Crippen LogP) is 3.49. The lowest BCUT2D eigenvalue weighted by Gasteiger charge is -2.01. The number of nitrogens with one attached hydrogen (secondary N) is 1. The van der Waals surface area contributed by atoms with E-state index in [2.05, 4.69) is 5.32 Å². The van der Waals surface area contributed by atoms with E-state index in [1.807, 2.05) is 19.9 Å². The van der Waals surface area contributed by atoms with Crippen LogP contribution in [0.5, 0.6) is 0 Å². The number of benzene rings is 1. The molecule has 2 nitrogen and oxygen atoms in total. The molecule has 1 N–H and O–H groups in total. The molecule has 0 aliphatic rings. The summed E-state index contributed by atoms with van der Waals surface area (Å²) >= 11 is 5.72. The molecular formula is C12H14ClNO. The van der Waals surface area contributed by atoms with Gasteiger partial charge in [-0.3, -0.25) is 4.79 Å². The fourth-order valence-electron chi connectivity index (χ4n) is 0.997. The average Bonchev–Trinajstić information content (AvgIpc) is 2.19. The van der Waals surface area contributed by atoms with Crippen LogP contribution in [0.4, 0.5) is 5.69 Å². The SMILES string of the molecule is CC(C)/C=C/C(=O)Nc1ccc(Cl)cc1. The Morgan fingerprint density at radius 1 is 1.33 bits per heavy atom. The van der Waals surface area contributed by atoms with E-state index in [1.54, 1.807) is 30.3 Å². The number of hydrogen-bond acceptors (Lipinski definition) is 1. The highest BCUT2D eigenvalue weighted by atomic mass is 35.5. The van der Waals surface area contributed by atoms with Crippen molar-refractivity contribution in [2.75, 3.05) is 5.32 Å². The lowest BCUT2D eigenvalue weighted by Crippen LogP contribution is -2.07. The van der Waals surface area contributed by atoms with Crippen molar-refractivity contribution in [2.45, 2.75) is 13.8 Å². The highest BCUT2D eigenvalue weighted by molar-refractivity contribution is 6.30. The first-order valence-corrected chi connectivity index (χ1v) is 5.20. The molecule has 0 bridgehead atoms. The Kier molecular flexibility index (Phi) is 4.37. The van der Waals surface area contributed by atoms with Crippen molar-refractivity contribution < 1.29 is 4.79 Å². The number of amides is 1. The molecule has 0 aromatic heterocycles. The van der Waals surface area contributed by atoms with Crippen molar-refractivity contribution in [1.82, 2.24) is 0 Å². The number of halogens is 1. The molecule has 80 valence electrons. The molecule has 0 unspecified atom stereocenters. The van der Waals surface area contributed by atoms with E-state index in [0.29, 0.717) is 10.9 Å². The average molecular weight is 224 g/mol. The molecule has 1 rings (SSSR count). The Balaban J connectivity index is 2.55. The number of allylic oxidation sites excluding steroid dienone is 1. The van der Waals surface area contributed by atoms with Gasteiger partial charge >= 0.3 is 0 Å². The lowest BCUT2D eigenvalue weighted by molar-refractivity contribution is -0.111. The van der Waals surface area contributed by atoms with Crippen LogP contribution in [0.25, 0.3) is 0 Å². The zero-order valence-corrected chi connectivity index (χ0v) is 9.58. The fraction of sp³-hybridized carbons (Fsp3) is 0.250. The first kappa shape index (κ1) is 11.8. The van der Waals surface area contributed by atoms with Crippen LogP contribution < -0.4 is 5.32 Å². The van der Waals surface area contributed by atoms with Gasteiger partial charge in [0.2, 0.25) is 5.91 Å². The normalized spacial score (nSPS) is 10.9. The molecule has 1 amide bonds. The van der Waals surface area contributed by atoms with E-state index in [0.717, 1.165) is 5.69 Å². The Labute approximate surface area is 94.9 Å². The van der Waals surface area contributed by atoms with E-state index in [9.17, 15) is 4.79 Å². The maximum absolute atomic E-state index is 11.4. The summed E-state index contributed by atoms with van der Waals surface area (Å²) in [4.78, 5) is 11.4. The number of carbonyl (C=O) groups is 1. The van der Waals surface area contributed by atoms with Gasteiger partial charge in [-0.25, -0.2) is 0 Å². The van der Waals surface area contributed by atoms with E-state index < -0.39 is 0 Å². The monoisotopic (exact) mass is 223 g/mol. The van der Waals surface area contributed by atoms with Crippen molar-refractivity contribution in [3.8, 4) is 0 Å². The van der Waals surface area contributed by atoms with Crippen molar-refractivity contribution in [3.05, 3.63) is 41.4 Å². The number of rotatable bonds is 3. The number of hydrogen-bond donors (Lipinski definition) is 1. The molecule has 0 radical (unpaired) electrons. The summed E-state index contributed by atoms with van der Waals surface area (Å²) in [6, 6.07) is 7.01. The minimum atomic E-state index is -0.119. The van der Waals surface area contributed by atoms with Gasteiger partial charge in [-0.2, -0.15) is 0 Å². The summed E-state index contributed by atoms with van der Waals surface area (Å²) in [5.74, 6) is 0.256. The van der Waals surface area contributed by atoms with Crippen LogP contribution in [-0.2, 0) is 4.79 Å². The molecule has 0 fully saturated rings. The summed E-state index contributed by atoms with van der Waals surface area (Å²) < 4.78 is 0. The Morgan fingerprint density at radius 2 is 1.93 bits per heavy atom. The Hall–Kier alpha value is -1.28. The molecule has 0 spiro atoms. The maximum atomic E-state index is 11.4. The van der Waals surface area contributed by atoms with E-state index in [-0.39, 0.29) is 5.91 Å². The largest absolute Gasteiger partial charge is 0.323 e. The second-order valence-electron chi connectivity index (χ2n) is 3.60.